The monoisotopic (exact) mass is 208 g/mol. The van der Waals surface area contributed by atoms with E-state index >= 15 is 0 Å². The Kier molecular flexibility index (Phi) is 8.46. The molecule has 88 valence electrons. The first kappa shape index (κ1) is 14.5. The SMILES string of the molecule is C/C=C(C)/C=C/C[C@H](C)CCCC(C)C. The van der Waals surface area contributed by atoms with Crippen LogP contribution in [0.5, 0.6) is 0 Å². The van der Waals surface area contributed by atoms with Crippen LogP contribution in [0.4, 0.5) is 0 Å². The molecule has 0 aromatic carbocycles. The summed E-state index contributed by atoms with van der Waals surface area (Å²) in [6, 6.07) is 0. The van der Waals surface area contributed by atoms with Crippen molar-refractivity contribution in [3.8, 4) is 0 Å². The molecule has 0 aliphatic carbocycles. The molecular formula is C15H28. The van der Waals surface area contributed by atoms with Crippen molar-refractivity contribution >= 4 is 0 Å². The highest BCUT2D eigenvalue weighted by atomic mass is 14.1. The summed E-state index contributed by atoms with van der Waals surface area (Å²) in [5.74, 6) is 1.70. The second kappa shape index (κ2) is 8.76. The summed E-state index contributed by atoms with van der Waals surface area (Å²) in [6.45, 7) is 11.2. The maximum absolute atomic E-state index is 2.36. The van der Waals surface area contributed by atoms with E-state index in [1.165, 1.54) is 31.3 Å². The highest BCUT2D eigenvalue weighted by Crippen LogP contribution is 2.15. The molecule has 0 rings (SSSR count). The highest BCUT2D eigenvalue weighted by Gasteiger charge is 2.00. The second-order valence-electron chi connectivity index (χ2n) is 5.10. The Morgan fingerprint density at radius 2 is 1.80 bits per heavy atom. The topological polar surface area (TPSA) is 0 Å². The lowest BCUT2D eigenvalue weighted by atomic mass is 9.97. The van der Waals surface area contributed by atoms with Crippen LogP contribution in [0.2, 0.25) is 0 Å². The number of rotatable bonds is 7. The number of hydrogen-bond acceptors (Lipinski definition) is 0. The molecule has 0 saturated carbocycles. The Balaban J connectivity index is 3.57. The van der Waals surface area contributed by atoms with Crippen LogP contribution in [0.3, 0.4) is 0 Å². The Bertz CT molecular complexity index is 196. The first-order valence-electron chi connectivity index (χ1n) is 6.35. The Morgan fingerprint density at radius 1 is 1.13 bits per heavy atom. The van der Waals surface area contributed by atoms with Gasteiger partial charge in [-0.1, -0.05) is 63.8 Å². The fourth-order valence-electron chi connectivity index (χ4n) is 1.57. The standard InChI is InChI=1S/C15H28/c1-6-14(4)10-8-12-15(5)11-7-9-13(2)3/h6,8,10,13,15H,7,9,11-12H2,1-5H3/b10-8+,14-6+/t15-/m1/s1. The maximum atomic E-state index is 2.36. The van der Waals surface area contributed by atoms with Gasteiger partial charge in [-0.3, -0.25) is 0 Å². The van der Waals surface area contributed by atoms with Gasteiger partial charge in [0.05, 0.1) is 0 Å². The number of hydrogen-bond donors (Lipinski definition) is 0. The largest absolute Gasteiger partial charge is 0.0847 e. The van der Waals surface area contributed by atoms with Gasteiger partial charge in [-0.25, -0.2) is 0 Å². The van der Waals surface area contributed by atoms with E-state index < -0.39 is 0 Å². The average Bonchev–Trinajstić information content (AvgIpc) is 2.17. The molecule has 0 amide bonds. The summed E-state index contributed by atoms with van der Waals surface area (Å²) in [5.41, 5.74) is 1.37. The molecule has 0 heterocycles. The van der Waals surface area contributed by atoms with E-state index in [1.807, 2.05) is 0 Å². The van der Waals surface area contributed by atoms with E-state index in [1.54, 1.807) is 0 Å². The molecule has 1 atom stereocenters. The zero-order valence-electron chi connectivity index (χ0n) is 11.2. The molecule has 0 spiro atoms. The van der Waals surface area contributed by atoms with Crippen LogP contribution in [0.1, 0.15) is 60.3 Å². The molecule has 0 heteroatoms. The molecule has 0 aliphatic rings. The molecule has 0 aromatic rings. The fraction of sp³-hybridized carbons (Fsp3) is 0.733. The maximum Gasteiger partial charge on any atom is -0.0322 e. The second-order valence-corrected chi connectivity index (χ2v) is 5.10. The smallest absolute Gasteiger partial charge is 0.0322 e. The van der Waals surface area contributed by atoms with E-state index in [-0.39, 0.29) is 0 Å². The van der Waals surface area contributed by atoms with Crippen molar-refractivity contribution in [2.45, 2.75) is 60.3 Å². The molecule has 0 bridgehead atoms. The van der Waals surface area contributed by atoms with Crippen molar-refractivity contribution in [3.05, 3.63) is 23.8 Å². The third kappa shape index (κ3) is 9.78. The van der Waals surface area contributed by atoms with E-state index in [2.05, 4.69) is 52.8 Å². The predicted octanol–water partition coefficient (Wildman–Crippen LogP) is 5.36. The zero-order chi connectivity index (χ0) is 11.7. The summed E-state index contributed by atoms with van der Waals surface area (Å²) >= 11 is 0. The van der Waals surface area contributed by atoms with Crippen LogP contribution in [0.15, 0.2) is 23.8 Å². The first-order valence-corrected chi connectivity index (χ1v) is 6.35. The summed E-state index contributed by atoms with van der Waals surface area (Å²) in [4.78, 5) is 0. The van der Waals surface area contributed by atoms with E-state index in [0.717, 1.165) is 11.8 Å². The first-order chi connectivity index (χ1) is 7.06. The molecule has 0 unspecified atom stereocenters. The highest BCUT2D eigenvalue weighted by molar-refractivity contribution is 5.14. The van der Waals surface area contributed by atoms with Gasteiger partial charge in [-0.2, -0.15) is 0 Å². The van der Waals surface area contributed by atoms with Crippen molar-refractivity contribution in [1.82, 2.24) is 0 Å². The van der Waals surface area contributed by atoms with Gasteiger partial charge in [0.25, 0.3) is 0 Å². The van der Waals surface area contributed by atoms with Gasteiger partial charge >= 0.3 is 0 Å². The van der Waals surface area contributed by atoms with E-state index in [4.69, 9.17) is 0 Å². The van der Waals surface area contributed by atoms with Crippen LogP contribution >= 0.6 is 0 Å². The van der Waals surface area contributed by atoms with Gasteiger partial charge in [-0.15, -0.1) is 0 Å². The van der Waals surface area contributed by atoms with Gasteiger partial charge in [0.1, 0.15) is 0 Å². The van der Waals surface area contributed by atoms with Crippen LogP contribution in [0.25, 0.3) is 0 Å². The van der Waals surface area contributed by atoms with E-state index in [9.17, 15) is 0 Å². The van der Waals surface area contributed by atoms with Crippen LogP contribution in [0, 0.1) is 11.8 Å². The van der Waals surface area contributed by atoms with Gasteiger partial charge < -0.3 is 0 Å². The third-order valence-electron chi connectivity index (χ3n) is 2.85. The third-order valence-corrected chi connectivity index (χ3v) is 2.85. The predicted molar refractivity (Wildman–Crippen MR) is 71.0 cm³/mol. The van der Waals surface area contributed by atoms with Crippen molar-refractivity contribution in [2.24, 2.45) is 11.8 Å². The minimum atomic E-state index is 0.838. The fourth-order valence-corrected chi connectivity index (χ4v) is 1.57. The molecule has 0 radical (unpaired) electrons. The Morgan fingerprint density at radius 3 is 2.33 bits per heavy atom. The van der Waals surface area contributed by atoms with E-state index in [0.29, 0.717) is 0 Å². The summed E-state index contributed by atoms with van der Waals surface area (Å²) < 4.78 is 0. The molecule has 0 saturated heterocycles. The molecule has 0 aromatic heterocycles. The molecule has 0 fully saturated rings. The zero-order valence-corrected chi connectivity index (χ0v) is 11.2. The van der Waals surface area contributed by atoms with Gasteiger partial charge in [0.15, 0.2) is 0 Å². The van der Waals surface area contributed by atoms with Crippen LogP contribution < -0.4 is 0 Å². The van der Waals surface area contributed by atoms with Crippen LogP contribution in [-0.4, -0.2) is 0 Å². The van der Waals surface area contributed by atoms with Gasteiger partial charge in [0.2, 0.25) is 0 Å². The lowest BCUT2D eigenvalue weighted by Crippen LogP contribution is -1.95. The molecule has 0 nitrogen and oxygen atoms in total. The molecule has 15 heavy (non-hydrogen) atoms. The minimum Gasteiger partial charge on any atom is -0.0847 e. The van der Waals surface area contributed by atoms with Crippen molar-refractivity contribution < 1.29 is 0 Å². The quantitative estimate of drug-likeness (QED) is 0.494. The molecular weight excluding hydrogens is 180 g/mol. The molecule has 0 N–H and O–H groups in total. The van der Waals surface area contributed by atoms with Crippen molar-refractivity contribution in [2.75, 3.05) is 0 Å². The Labute approximate surface area is 96.5 Å². The Hall–Kier alpha value is -0.520. The summed E-state index contributed by atoms with van der Waals surface area (Å²) in [7, 11) is 0. The normalized spacial score (nSPS) is 15.2. The summed E-state index contributed by atoms with van der Waals surface area (Å²) in [5, 5.41) is 0. The lowest BCUT2D eigenvalue weighted by Gasteiger charge is -2.09. The number of allylic oxidation sites excluding steroid dienone is 4. The minimum absolute atomic E-state index is 0.838. The summed E-state index contributed by atoms with van der Waals surface area (Å²) in [6.07, 6.45) is 12.1. The van der Waals surface area contributed by atoms with Crippen LogP contribution in [-0.2, 0) is 0 Å². The van der Waals surface area contributed by atoms with Gasteiger partial charge in [-0.05, 0) is 32.1 Å². The lowest BCUT2D eigenvalue weighted by molar-refractivity contribution is 0.461. The van der Waals surface area contributed by atoms with Gasteiger partial charge in [0, 0.05) is 0 Å². The van der Waals surface area contributed by atoms with Crippen molar-refractivity contribution in [3.63, 3.8) is 0 Å². The molecule has 0 aliphatic heterocycles. The average molecular weight is 208 g/mol. The van der Waals surface area contributed by atoms with Crippen molar-refractivity contribution in [1.29, 1.82) is 0 Å².